The molecular weight excluding hydrogens is 322 g/mol. The summed E-state index contributed by atoms with van der Waals surface area (Å²) in [6, 6.07) is 20.7. The molecular formula is C23H29NO2. The van der Waals surface area contributed by atoms with Crippen molar-refractivity contribution in [2.75, 3.05) is 13.1 Å². The van der Waals surface area contributed by atoms with Gasteiger partial charge in [-0.3, -0.25) is 4.79 Å². The third-order valence-electron chi connectivity index (χ3n) is 5.30. The van der Waals surface area contributed by atoms with E-state index in [0.29, 0.717) is 6.61 Å². The summed E-state index contributed by atoms with van der Waals surface area (Å²) in [6.45, 7) is 4.07. The molecule has 1 unspecified atom stereocenters. The van der Waals surface area contributed by atoms with Gasteiger partial charge in [0.1, 0.15) is 6.10 Å². The van der Waals surface area contributed by atoms with E-state index in [4.69, 9.17) is 4.74 Å². The first-order valence-corrected chi connectivity index (χ1v) is 9.70. The Bertz CT molecular complexity index is 663. The molecule has 0 spiro atoms. The second-order valence-corrected chi connectivity index (χ2v) is 7.23. The van der Waals surface area contributed by atoms with Crippen molar-refractivity contribution in [2.45, 2.75) is 45.3 Å². The van der Waals surface area contributed by atoms with Gasteiger partial charge >= 0.3 is 0 Å². The average molecular weight is 351 g/mol. The fourth-order valence-corrected chi connectivity index (χ4v) is 3.58. The van der Waals surface area contributed by atoms with Gasteiger partial charge in [0.05, 0.1) is 6.61 Å². The highest BCUT2D eigenvalue weighted by molar-refractivity contribution is 5.80. The maximum Gasteiger partial charge on any atom is 0.251 e. The summed E-state index contributed by atoms with van der Waals surface area (Å²) in [5, 5.41) is 0. The highest BCUT2D eigenvalue weighted by atomic mass is 16.5. The number of aryl methyl sites for hydroxylation is 1. The van der Waals surface area contributed by atoms with Crippen LogP contribution in [0, 0.1) is 5.92 Å². The predicted molar refractivity (Wildman–Crippen MR) is 105 cm³/mol. The number of hydrogen-bond acceptors (Lipinski definition) is 2. The molecule has 3 nitrogen and oxygen atoms in total. The van der Waals surface area contributed by atoms with E-state index < -0.39 is 0 Å². The van der Waals surface area contributed by atoms with Crippen LogP contribution >= 0.6 is 0 Å². The smallest absolute Gasteiger partial charge is 0.251 e. The summed E-state index contributed by atoms with van der Waals surface area (Å²) in [5.74, 6) is 0.849. The molecule has 0 aliphatic carbocycles. The fourth-order valence-electron chi connectivity index (χ4n) is 3.58. The van der Waals surface area contributed by atoms with Crippen LogP contribution in [-0.4, -0.2) is 30.0 Å². The summed E-state index contributed by atoms with van der Waals surface area (Å²) >= 11 is 0. The van der Waals surface area contributed by atoms with Crippen molar-refractivity contribution in [1.82, 2.24) is 4.90 Å². The molecule has 0 aromatic heterocycles. The van der Waals surface area contributed by atoms with Gasteiger partial charge in [-0.15, -0.1) is 0 Å². The lowest BCUT2D eigenvalue weighted by Gasteiger charge is -2.33. The number of amides is 1. The monoisotopic (exact) mass is 351 g/mol. The molecule has 0 radical (unpaired) electrons. The molecule has 3 rings (SSSR count). The number of piperidine rings is 1. The Hall–Kier alpha value is -2.13. The summed E-state index contributed by atoms with van der Waals surface area (Å²) in [7, 11) is 0. The first-order chi connectivity index (χ1) is 12.7. The molecule has 2 aromatic rings. The van der Waals surface area contributed by atoms with Crippen LogP contribution in [0.15, 0.2) is 60.7 Å². The van der Waals surface area contributed by atoms with Crippen molar-refractivity contribution >= 4 is 5.91 Å². The lowest BCUT2D eigenvalue weighted by molar-refractivity contribution is -0.144. The number of hydrogen-bond donors (Lipinski definition) is 0. The lowest BCUT2D eigenvalue weighted by Crippen LogP contribution is -2.43. The highest BCUT2D eigenvalue weighted by Gasteiger charge is 2.26. The van der Waals surface area contributed by atoms with Crippen LogP contribution in [0.5, 0.6) is 0 Å². The van der Waals surface area contributed by atoms with Crippen molar-refractivity contribution in [3.05, 3.63) is 71.8 Å². The van der Waals surface area contributed by atoms with Crippen LogP contribution in [0.3, 0.4) is 0 Å². The number of carbonyl (C=O) groups excluding carboxylic acids is 1. The first-order valence-electron chi connectivity index (χ1n) is 9.70. The van der Waals surface area contributed by atoms with Crippen LogP contribution < -0.4 is 0 Å². The molecule has 1 aliphatic rings. The van der Waals surface area contributed by atoms with E-state index in [1.165, 1.54) is 12.0 Å². The molecule has 0 saturated carbocycles. The Balaban J connectivity index is 1.38. The Morgan fingerprint density at radius 1 is 1.00 bits per heavy atom. The summed E-state index contributed by atoms with van der Waals surface area (Å²) in [5.41, 5.74) is 2.51. The van der Waals surface area contributed by atoms with Gasteiger partial charge in [-0.2, -0.15) is 0 Å². The van der Waals surface area contributed by atoms with E-state index in [2.05, 4.69) is 30.3 Å². The summed E-state index contributed by atoms with van der Waals surface area (Å²) in [4.78, 5) is 14.6. The zero-order valence-electron chi connectivity index (χ0n) is 15.6. The van der Waals surface area contributed by atoms with Gasteiger partial charge in [0.15, 0.2) is 0 Å². The molecule has 26 heavy (non-hydrogen) atoms. The lowest BCUT2D eigenvalue weighted by atomic mass is 9.90. The number of likely N-dealkylation sites (tertiary alicyclic amines) is 1. The second-order valence-electron chi connectivity index (χ2n) is 7.23. The van der Waals surface area contributed by atoms with Crippen LogP contribution in [0.4, 0.5) is 0 Å². The van der Waals surface area contributed by atoms with Crippen LogP contribution in [0.1, 0.15) is 37.3 Å². The van der Waals surface area contributed by atoms with E-state index in [9.17, 15) is 4.79 Å². The van der Waals surface area contributed by atoms with Crippen molar-refractivity contribution in [3.63, 3.8) is 0 Å². The van der Waals surface area contributed by atoms with E-state index in [-0.39, 0.29) is 12.0 Å². The average Bonchev–Trinajstić information content (AvgIpc) is 2.72. The number of ether oxygens (including phenoxy) is 1. The van der Waals surface area contributed by atoms with Gasteiger partial charge in [0.25, 0.3) is 5.91 Å². The van der Waals surface area contributed by atoms with E-state index in [1.54, 1.807) is 0 Å². The normalized spacial score (nSPS) is 16.4. The molecule has 0 N–H and O–H groups in total. The number of carbonyl (C=O) groups is 1. The Kier molecular flexibility index (Phi) is 6.84. The topological polar surface area (TPSA) is 29.5 Å². The van der Waals surface area contributed by atoms with E-state index in [1.807, 2.05) is 42.2 Å². The zero-order valence-corrected chi connectivity index (χ0v) is 15.6. The van der Waals surface area contributed by atoms with Gasteiger partial charge in [-0.05, 0) is 49.7 Å². The van der Waals surface area contributed by atoms with Crippen molar-refractivity contribution in [2.24, 2.45) is 5.92 Å². The van der Waals surface area contributed by atoms with Crippen LogP contribution in [-0.2, 0) is 22.6 Å². The SMILES string of the molecule is CC(OCc1ccccc1)C(=O)N1CCC(CCc2ccccc2)CC1. The molecule has 1 heterocycles. The van der Waals surface area contributed by atoms with Gasteiger partial charge < -0.3 is 9.64 Å². The maximum atomic E-state index is 12.6. The van der Waals surface area contributed by atoms with Gasteiger partial charge in [-0.1, -0.05) is 60.7 Å². The van der Waals surface area contributed by atoms with Crippen LogP contribution in [0.2, 0.25) is 0 Å². The number of benzene rings is 2. The molecule has 1 saturated heterocycles. The molecule has 0 bridgehead atoms. The molecule has 1 amide bonds. The predicted octanol–water partition coefficient (Wildman–Crippen LogP) is 4.46. The standard InChI is InChI=1S/C23H29NO2/c1-19(26-18-22-10-6-3-7-11-22)23(25)24-16-14-21(15-17-24)13-12-20-8-4-2-5-9-20/h2-11,19,21H,12-18H2,1H3. The number of rotatable bonds is 7. The van der Waals surface area contributed by atoms with E-state index >= 15 is 0 Å². The Morgan fingerprint density at radius 3 is 2.19 bits per heavy atom. The molecule has 2 aromatic carbocycles. The quantitative estimate of drug-likeness (QED) is 0.737. The van der Waals surface area contributed by atoms with Gasteiger partial charge in [-0.25, -0.2) is 0 Å². The van der Waals surface area contributed by atoms with Crippen LogP contribution in [0.25, 0.3) is 0 Å². The summed E-state index contributed by atoms with van der Waals surface area (Å²) in [6.07, 6.45) is 4.17. The van der Waals surface area contributed by atoms with Gasteiger partial charge in [0.2, 0.25) is 0 Å². The fraction of sp³-hybridized carbons (Fsp3) is 0.435. The molecule has 3 heteroatoms. The van der Waals surface area contributed by atoms with Crippen molar-refractivity contribution in [1.29, 1.82) is 0 Å². The van der Waals surface area contributed by atoms with Crippen molar-refractivity contribution < 1.29 is 9.53 Å². The second kappa shape index (κ2) is 9.54. The minimum Gasteiger partial charge on any atom is -0.364 e. The molecule has 1 fully saturated rings. The molecule has 138 valence electrons. The summed E-state index contributed by atoms with van der Waals surface area (Å²) < 4.78 is 5.78. The minimum absolute atomic E-state index is 0.127. The number of nitrogens with zero attached hydrogens (tertiary/aromatic N) is 1. The Labute approximate surface area is 157 Å². The van der Waals surface area contributed by atoms with Gasteiger partial charge in [0, 0.05) is 13.1 Å². The molecule has 1 atom stereocenters. The third-order valence-corrected chi connectivity index (χ3v) is 5.30. The zero-order chi connectivity index (χ0) is 18.2. The highest BCUT2D eigenvalue weighted by Crippen LogP contribution is 2.23. The largest absolute Gasteiger partial charge is 0.364 e. The van der Waals surface area contributed by atoms with Crippen molar-refractivity contribution in [3.8, 4) is 0 Å². The van der Waals surface area contributed by atoms with E-state index in [0.717, 1.165) is 43.8 Å². The maximum absolute atomic E-state index is 12.6. The third kappa shape index (κ3) is 5.43. The Morgan fingerprint density at radius 2 is 1.58 bits per heavy atom. The minimum atomic E-state index is -0.379. The first kappa shape index (κ1) is 18.7. The molecule has 1 aliphatic heterocycles.